The quantitative estimate of drug-likeness (QED) is 0.634. The van der Waals surface area contributed by atoms with Crippen LogP contribution in [-0.2, 0) is 11.3 Å². The fraction of sp³-hybridized carbons (Fsp3) is 0.750. The maximum Gasteiger partial charge on any atom is 0.0834 e. The molecular weight excluding hydrogens is 252 g/mol. The topological polar surface area (TPSA) is 65.1 Å². The van der Waals surface area contributed by atoms with E-state index in [1.807, 2.05) is 4.68 Å². The monoisotopic (exact) mass is 272 g/mol. The molecule has 0 bridgehead atoms. The van der Waals surface area contributed by atoms with Gasteiger partial charge in [-0.25, -0.2) is 0 Å². The number of nitrogens with two attached hydrogens (primary N) is 1. The largest absolute Gasteiger partial charge is 0.381 e. The van der Waals surface area contributed by atoms with Gasteiger partial charge in [0.25, 0.3) is 0 Å². The van der Waals surface area contributed by atoms with Gasteiger partial charge in [0.15, 0.2) is 0 Å². The van der Waals surface area contributed by atoms with Crippen LogP contribution in [-0.4, -0.2) is 23.0 Å². The van der Waals surface area contributed by atoms with Gasteiger partial charge >= 0.3 is 0 Å². The van der Waals surface area contributed by atoms with Crippen LogP contribution in [0.1, 0.15) is 37.9 Å². The number of hydrogen-bond donors (Lipinski definition) is 2. The van der Waals surface area contributed by atoms with Crippen molar-refractivity contribution in [3.05, 3.63) is 16.9 Å². The molecule has 1 aromatic rings. The van der Waals surface area contributed by atoms with Crippen LogP contribution in [0.4, 0.5) is 0 Å². The molecule has 1 aliphatic rings. The van der Waals surface area contributed by atoms with Gasteiger partial charge in [-0.2, -0.15) is 5.10 Å². The predicted octanol–water partition coefficient (Wildman–Crippen LogP) is 1.88. The molecule has 0 spiro atoms. The number of aryl methyl sites for hydroxylation is 1. The third-order valence-electron chi connectivity index (χ3n) is 3.48. The second kappa shape index (κ2) is 6.52. The molecule has 1 aliphatic heterocycles. The smallest absolute Gasteiger partial charge is 0.0834 e. The molecule has 5 nitrogen and oxygen atoms in total. The fourth-order valence-electron chi connectivity index (χ4n) is 2.56. The van der Waals surface area contributed by atoms with Crippen molar-refractivity contribution in [1.82, 2.24) is 15.2 Å². The first-order chi connectivity index (χ1) is 8.77. The highest BCUT2D eigenvalue weighted by atomic mass is 35.5. The van der Waals surface area contributed by atoms with E-state index in [-0.39, 0.29) is 6.04 Å². The highest BCUT2D eigenvalue weighted by Crippen LogP contribution is 2.33. The second-order valence-corrected chi connectivity index (χ2v) is 5.10. The third-order valence-corrected chi connectivity index (χ3v) is 3.77. The lowest BCUT2D eigenvalue weighted by molar-refractivity contribution is 0.0524. The normalized spacial score (nSPS) is 19.1. The molecule has 102 valence electrons. The summed E-state index contributed by atoms with van der Waals surface area (Å²) in [7, 11) is 0. The van der Waals surface area contributed by atoms with Crippen LogP contribution in [0.25, 0.3) is 0 Å². The molecule has 0 radical (unpaired) electrons. The van der Waals surface area contributed by atoms with Crippen LogP contribution < -0.4 is 11.3 Å². The van der Waals surface area contributed by atoms with Gasteiger partial charge in [0.05, 0.1) is 23.0 Å². The summed E-state index contributed by atoms with van der Waals surface area (Å²) in [6, 6.07) is 0.0513. The Morgan fingerprint density at radius 1 is 1.61 bits per heavy atom. The standard InChI is InChI=1S/C12H21ClN4O/c1-2-5-17-12(10(13)8-15-17)11(16-14)9-3-6-18-7-4-9/h8-9,11,16H,2-7,14H2,1H3. The third kappa shape index (κ3) is 2.85. The summed E-state index contributed by atoms with van der Waals surface area (Å²) >= 11 is 6.26. The first kappa shape index (κ1) is 13.8. The summed E-state index contributed by atoms with van der Waals surface area (Å²) in [4.78, 5) is 0. The van der Waals surface area contributed by atoms with Gasteiger partial charge in [0.2, 0.25) is 0 Å². The SMILES string of the molecule is CCCn1ncc(Cl)c1C(NN)C1CCOCC1. The van der Waals surface area contributed by atoms with E-state index in [4.69, 9.17) is 22.2 Å². The molecule has 0 saturated carbocycles. The van der Waals surface area contributed by atoms with Crippen molar-refractivity contribution in [2.75, 3.05) is 13.2 Å². The number of nitrogens with one attached hydrogen (secondary N) is 1. The number of halogens is 1. The van der Waals surface area contributed by atoms with Crippen LogP contribution in [0.2, 0.25) is 5.02 Å². The number of aromatic nitrogens is 2. The van der Waals surface area contributed by atoms with E-state index in [1.165, 1.54) is 0 Å². The molecule has 6 heteroatoms. The van der Waals surface area contributed by atoms with Crippen molar-refractivity contribution >= 4 is 11.6 Å². The Morgan fingerprint density at radius 2 is 2.33 bits per heavy atom. The summed E-state index contributed by atoms with van der Waals surface area (Å²) < 4.78 is 7.36. The van der Waals surface area contributed by atoms with Crippen molar-refractivity contribution in [2.24, 2.45) is 11.8 Å². The second-order valence-electron chi connectivity index (χ2n) is 4.70. The zero-order valence-corrected chi connectivity index (χ0v) is 11.5. The maximum atomic E-state index is 6.26. The highest BCUT2D eigenvalue weighted by Gasteiger charge is 2.29. The Labute approximate surface area is 113 Å². The number of ether oxygens (including phenoxy) is 1. The van der Waals surface area contributed by atoms with Gasteiger partial charge in [0, 0.05) is 19.8 Å². The van der Waals surface area contributed by atoms with E-state index in [0.29, 0.717) is 10.9 Å². The molecule has 1 saturated heterocycles. The zero-order valence-electron chi connectivity index (χ0n) is 10.7. The molecule has 1 fully saturated rings. The molecule has 1 aromatic heterocycles. The zero-order chi connectivity index (χ0) is 13.0. The maximum absolute atomic E-state index is 6.26. The predicted molar refractivity (Wildman–Crippen MR) is 71.1 cm³/mol. The minimum Gasteiger partial charge on any atom is -0.381 e. The molecule has 3 N–H and O–H groups in total. The van der Waals surface area contributed by atoms with Crippen molar-refractivity contribution in [1.29, 1.82) is 0 Å². The molecule has 0 amide bonds. The van der Waals surface area contributed by atoms with Crippen molar-refractivity contribution < 1.29 is 4.74 Å². The summed E-state index contributed by atoms with van der Waals surface area (Å²) in [5.74, 6) is 6.19. The van der Waals surface area contributed by atoms with Crippen LogP contribution in [0, 0.1) is 5.92 Å². The summed E-state index contributed by atoms with van der Waals surface area (Å²) in [6.45, 7) is 4.58. The van der Waals surface area contributed by atoms with E-state index in [2.05, 4.69) is 17.4 Å². The Bertz CT molecular complexity index is 376. The van der Waals surface area contributed by atoms with Crippen LogP contribution in [0.3, 0.4) is 0 Å². The summed E-state index contributed by atoms with van der Waals surface area (Å²) in [5.41, 5.74) is 3.92. The van der Waals surface area contributed by atoms with Crippen LogP contribution in [0.5, 0.6) is 0 Å². The van der Waals surface area contributed by atoms with Gasteiger partial charge in [-0.1, -0.05) is 18.5 Å². The molecule has 0 aliphatic carbocycles. The van der Waals surface area contributed by atoms with Gasteiger partial charge in [0.1, 0.15) is 0 Å². The van der Waals surface area contributed by atoms with Crippen molar-refractivity contribution in [2.45, 2.75) is 38.8 Å². The lowest BCUT2D eigenvalue weighted by Gasteiger charge is -2.30. The number of hydrazine groups is 1. The lowest BCUT2D eigenvalue weighted by Crippen LogP contribution is -2.37. The molecule has 18 heavy (non-hydrogen) atoms. The molecule has 2 rings (SSSR count). The van der Waals surface area contributed by atoms with Gasteiger partial charge in [-0.05, 0) is 25.2 Å². The molecule has 1 unspecified atom stereocenters. The summed E-state index contributed by atoms with van der Waals surface area (Å²) in [6.07, 6.45) is 4.73. The van der Waals surface area contributed by atoms with Gasteiger partial charge in [-0.15, -0.1) is 0 Å². The molecule has 2 heterocycles. The number of hydrogen-bond acceptors (Lipinski definition) is 4. The number of nitrogens with zero attached hydrogens (tertiary/aromatic N) is 2. The van der Waals surface area contributed by atoms with E-state index in [1.54, 1.807) is 6.20 Å². The molecule has 0 aromatic carbocycles. The van der Waals surface area contributed by atoms with Gasteiger partial charge < -0.3 is 4.74 Å². The van der Waals surface area contributed by atoms with Crippen molar-refractivity contribution in [3.8, 4) is 0 Å². The van der Waals surface area contributed by atoms with Crippen molar-refractivity contribution in [3.63, 3.8) is 0 Å². The Hall–Kier alpha value is -0.620. The number of rotatable bonds is 5. The van der Waals surface area contributed by atoms with Gasteiger partial charge in [-0.3, -0.25) is 16.0 Å². The Kier molecular flexibility index (Phi) is 5.00. The minimum atomic E-state index is 0.0513. The van der Waals surface area contributed by atoms with E-state index >= 15 is 0 Å². The van der Waals surface area contributed by atoms with Crippen LogP contribution >= 0.6 is 11.6 Å². The van der Waals surface area contributed by atoms with E-state index in [9.17, 15) is 0 Å². The Morgan fingerprint density at radius 3 is 2.94 bits per heavy atom. The van der Waals surface area contributed by atoms with E-state index < -0.39 is 0 Å². The first-order valence-electron chi connectivity index (χ1n) is 6.53. The molecular formula is C12H21ClN4O. The lowest BCUT2D eigenvalue weighted by atomic mass is 9.90. The average Bonchev–Trinajstić information content (AvgIpc) is 2.75. The van der Waals surface area contributed by atoms with E-state index in [0.717, 1.165) is 44.7 Å². The fourth-order valence-corrected chi connectivity index (χ4v) is 2.82. The average molecular weight is 273 g/mol. The Balaban J connectivity index is 2.22. The van der Waals surface area contributed by atoms with Crippen LogP contribution in [0.15, 0.2) is 6.20 Å². The minimum absolute atomic E-state index is 0.0513. The summed E-state index contributed by atoms with van der Waals surface area (Å²) in [5, 5.41) is 5.02. The first-order valence-corrected chi connectivity index (χ1v) is 6.90. The molecule has 1 atom stereocenters. The highest BCUT2D eigenvalue weighted by molar-refractivity contribution is 6.31.